The van der Waals surface area contributed by atoms with Gasteiger partial charge in [-0.25, -0.2) is 4.98 Å². The zero-order valence-corrected chi connectivity index (χ0v) is 10.3. The number of nitrogens with zero attached hydrogens (tertiary/aromatic N) is 1. The molecule has 1 aliphatic heterocycles. The second-order valence-corrected chi connectivity index (χ2v) is 4.89. The van der Waals surface area contributed by atoms with Crippen molar-refractivity contribution >= 4 is 29.0 Å². The Labute approximate surface area is 108 Å². The molecule has 0 bridgehead atoms. The minimum atomic E-state index is 0.0416. The third kappa shape index (κ3) is 2.33. The monoisotopic (exact) mass is 261 g/mol. The van der Waals surface area contributed by atoms with Crippen molar-refractivity contribution in [3.63, 3.8) is 0 Å². The van der Waals surface area contributed by atoms with E-state index in [0.29, 0.717) is 12.3 Å². The van der Waals surface area contributed by atoms with Gasteiger partial charge >= 0.3 is 0 Å². The zero-order valence-electron chi connectivity index (χ0n) is 9.47. The number of thioether (sulfide) groups is 1. The van der Waals surface area contributed by atoms with Crippen molar-refractivity contribution in [2.24, 2.45) is 0 Å². The summed E-state index contributed by atoms with van der Waals surface area (Å²) in [6.07, 6.45) is 3.07. The molecule has 0 spiro atoms. The van der Waals surface area contributed by atoms with E-state index in [1.54, 1.807) is 18.0 Å². The summed E-state index contributed by atoms with van der Waals surface area (Å²) in [5.41, 5.74) is 1.80. The van der Waals surface area contributed by atoms with Gasteiger partial charge in [-0.15, -0.1) is 11.8 Å². The molecule has 3 rings (SSSR count). The van der Waals surface area contributed by atoms with Crippen LogP contribution in [0.1, 0.15) is 5.76 Å². The van der Waals surface area contributed by atoms with Crippen LogP contribution in [0.15, 0.2) is 40.1 Å². The van der Waals surface area contributed by atoms with Gasteiger partial charge in [0.05, 0.1) is 24.2 Å². The third-order valence-corrected chi connectivity index (χ3v) is 3.64. The Morgan fingerprint density at radius 1 is 1.50 bits per heavy atom. The molecule has 0 unspecified atom stereocenters. The molecular weight excluding hydrogens is 250 g/mol. The van der Waals surface area contributed by atoms with Crippen LogP contribution < -0.4 is 10.6 Å². The highest BCUT2D eigenvalue weighted by molar-refractivity contribution is 8.00. The number of carbonyl (C=O) groups is 1. The van der Waals surface area contributed by atoms with Crippen LogP contribution >= 0.6 is 11.8 Å². The van der Waals surface area contributed by atoms with Crippen LogP contribution in [0.3, 0.4) is 0 Å². The summed E-state index contributed by atoms with van der Waals surface area (Å²) in [7, 11) is 0. The topological polar surface area (TPSA) is 67.2 Å². The molecule has 0 radical (unpaired) electrons. The summed E-state index contributed by atoms with van der Waals surface area (Å²) in [6, 6.07) is 5.91. The highest BCUT2D eigenvalue weighted by atomic mass is 32.2. The van der Waals surface area contributed by atoms with E-state index in [1.807, 2.05) is 18.2 Å². The van der Waals surface area contributed by atoms with Gasteiger partial charge in [0.1, 0.15) is 5.76 Å². The number of amides is 1. The standard InChI is InChI=1S/C12H11N3O2S/c16-12-6-18-11-2-1-8(3-10(11)15-12)14-5-9-4-13-7-17-9/h1-4,7,14H,5-6H2,(H,15,16). The first-order valence-electron chi connectivity index (χ1n) is 5.49. The van der Waals surface area contributed by atoms with Gasteiger partial charge in [0.2, 0.25) is 5.91 Å². The van der Waals surface area contributed by atoms with E-state index in [4.69, 9.17) is 4.42 Å². The van der Waals surface area contributed by atoms with Crippen LogP contribution in [0.25, 0.3) is 0 Å². The number of carbonyl (C=O) groups excluding carboxylic acids is 1. The quantitative estimate of drug-likeness (QED) is 0.887. The summed E-state index contributed by atoms with van der Waals surface area (Å²) in [5, 5.41) is 6.08. The van der Waals surface area contributed by atoms with E-state index < -0.39 is 0 Å². The largest absolute Gasteiger partial charge is 0.447 e. The van der Waals surface area contributed by atoms with Gasteiger partial charge in [0.15, 0.2) is 6.39 Å². The number of nitrogens with one attached hydrogen (secondary N) is 2. The molecule has 0 saturated carbocycles. The van der Waals surface area contributed by atoms with Crippen LogP contribution in [-0.2, 0) is 11.3 Å². The molecule has 1 aromatic heterocycles. The van der Waals surface area contributed by atoms with Crippen LogP contribution in [0.2, 0.25) is 0 Å². The molecule has 6 heteroatoms. The van der Waals surface area contributed by atoms with Crippen molar-refractivity contribution < 1.29 is 9.21 Å². The van der Waals surface area contributed by atoms with Gasteiger partial charge in [-0.1, -0.05) is 0 Å². The van der Waals surface area contributed by atoms with E-state index in [0.717, 1.165) is 22.0 Å². The number of anilines is 2. The average Bonchev–Trinajstić information content (AvgIpc) is 2.89. The van der Waals surface area contributed by atoms with Gasteiger partial charge in [0, 0.05) is 10.6 Å². The lowest BCUT2D eigenvalue weighted by molar-refractivity contribution is -0.113. The Bertz CT molecular complexity index is 569. The van der Waals surface area contributed by atoms with Gasteiger partial charge < -0.3 is 15.1 Å². The smallest absolute Gasteiger partial charge is 0.234 e. The Morgan fingerprint density at radius 2 is 2.44 bits per heavy atom. The van der Waals surface area contributed by atoms with Crippen molar-refractivity contribution in [2.75, 3.05) is 16.4 Å². The molecular formula is C12H11N3O2S. The Morgan fingerprint density at radius 3 is 3.28 bits per heavy atom. The Hall–Kier alpha value is -1.95. The van der Waals surface area contributed by atoms with Crippen molar-refractivity contribution in [2.45, 2.75) is 11.4 Å². The first-order valence-corrected chi connectivity index (χ1v) is 6.48. The minimum absolute atomic E-state index is 0.0416. The fourth-order valence-electron chi connectivity index (χ4n) is 1.71. The number of aromatic nitrogens is 1. The second-order valence-electron chi connectivity index (χ2n) is 3.87. The van der Waals surface area contributed by atoms with E-state index in [9.17, 15) is 4.79 Å². The SMILES string of the molecule is O=C1CSc2ccc(NCc3cnco3)cc2N1. The lowest BCUT2D eigenvalue weighted by atomic mass is 10.2. The summed E-state index contributed by atoms with van der Waals surface area (Å²) in [6.45, 7) is 0.569. The van der Waals surface area contributed by atoms with Crippen molar-refractivity contribution in [3.8, 4) is 0 Å². The maximum absolute atomic E-state index is 11.3. The number of rotatable bonds is 3. The molecule has 2 aromatic rings. The average molecular weight is 261 g/mol. The van der Waals surface area contributed by atoms with Gasteiger partial charge in [-0.2, -0.15) is 0 Å². The maximum atomic E-state index is 11.3. The van der Waals surface area contributed by atoms with Crippen LogP contribution in [0, 0.1) is 0 Å². The second kappa shape index (κ2) is 4.73. The highest BCUT2D eigenvalue weighted by Gasteiger charge is 2.15. The number of hydrogen-bond donors (Lipinski definition) is 2. The minimum Gasteiger partial charge on any atom is -0.447 e. The summed E-state index contributed by atoms with van der Waals surface area (Å²) in [4.78, 5) is 16.3. The number of hydrogen-bond acceptors (Lipinski definition) is 5. The highest BCUT2D eigenvalue weighted by Crippen LogP contribution is 2.33. The first-order chi connectivity index (χ1) is 8.81. The van der Waals surface area contributed by atoms with Crippen molar-refractivity contribution in [3.05, 3.63) is 36.5 Å². The predicted molar refractivity (Wildman–Crippen MR) is 69.6 cm³/mol. The van der Waals surface area contributed by atoms with E-state index in [1.165, 1.54) is 6.39 Å². The Kier molecular flexibility index (Phi) is 2.93. The first kappa shape index (κ1) is 11.2. The summed E-state index contributed by atoms with van der Waals surface area (Å²) in [5.74, 6) is 1.30. The fraction of sp³-hybridized carbons (Fsp3) is 0.167. The maximum Gasteiger partial charge on any atom is 0.234 e. The van der Waals surface area contributed by atoms with Crippen LogP contribution in [-0.4, -0.2) is 16.6 Å². The molecule has 2 heterocycles. The number of fused-ring (bicyclic) bond motifs is 1. The number of benzene rings is 1. The molecule has 1 aliphatic rings. The molecule has 1 amide bonds. The number of oxazole rings is 1. The van der Waals surface area contributed by atoms with E-state index in [2.05, 4.69) is 15.6 Å². The molecule has 0 atom stereocenters. The van der Waals surface area contributed by atoms with Crippen molar-refractivity contribution in [1.29, 1.82) is 0 Å². The molecule has 18 heavy (non-hydrogen) atoms. The van der Waals surface area contributed by atoms with E-state index >= 15 is 0 Å². The van der Waals surface area contributed by atoms with Crippen LogP contribution in [0.4, 0.5) is 11.4 Å². The van der Waals surface area contributed by atoms with Gasteiger partial charge in [-0.3, -0.25) is 4.79 Å². The lowest BCUT2D eigenvalue weighted by Crippen LogP contribution is -2.18. The summed E-state index contributed by atoms with van der Waals surface area (Å²) < 4.78 is 5.14. The van der Waals surface area contributed by atoms with Gasteiger partial charge in [0.25, 0.3) is 0 Å². The molecule has 92 valence electrons. The zero-order chi connectivity index (χ0) is 12.4. The predicted octanol–water partition coefficient (Wildman–Crippen LogP) is 2.33. The molecule has 0 saturated heterocycles. The molecule has 0 fully saturated rings. The summed E-state index contributed by atoms with van der Waals surface area (Å²) >= 11 is 1.55. The molecule has 2 N–H and O–H groups in total. The van der Waals surface area contributed by atoms with E-state index in [-0.39, 0.29) is 5.91 Å². The normalized spacial score (nSPS) is 13.9. The Balaban J connectivity index is 1.73. The van der Waals surface area contributed by atoms with Crippen LogP contribution in [0.5, 0.6) is 0 Å². The lowest BCUT2D eigenvalue weighted by Gasteiger charge is -2.17. The molecule has 5 nitrogen and oxygen atoms in total. The van der Waals surface area contributed by atoms with Gasteiger partial charge in [-0.05, 0) is 18.2 Å². The molecule has 1 aromatic carbocycles. The molecule has 0 aliphatic carbocycles. The van der Waals surface area contributed by atoms with Crippen molar-refractivity contribution in [1.82, 2.24) is 4.98 Å². The third-order valence-electron chi connectivity index (χ3n) is 2.56. The fourth-order valence-corrected chi connectivity index (χ4v) is 2.50.